The van der Waals surface area contributed by atoms with Gasteiger partial charge in [0.15, 0.2) is 12.1 Å². The third kappa shape index (κ3) is 9.88. The minimum atomic E-state index is -4.95. The van der Waals surface area contributed by atoms with Crippen LogP contribution in [0.15, 0.2) is 103 Å². The summed E-state index contributed by atoms with van der Waals surface area (Å²) in [7, 11) is 0. The zero-order valence-electron chi connectivity index (χ0n) is 37.6. The standard InChI is InChI=1S/C26H11F3N4O3.C20H11F3O3.C4H8O.C3H2N2/c1-12-4-6-18-14(8-12)20-22(16(10-30)32-2)25-21(23(24(20)34-18)17(11-31)33-3)15-9-13(36-26(27,28)29)5-7-19(15)35-25;1-10-2-4-16-12(6-10)14-8-19-15(9-18(14)24-16)13-7-11(26-20(21,22)23)3-5-17(13)25-19;1-2-4-5-3-1;4-2-1-3-5/h4-9,16-17H,1H3;2-9H,1H3;1-4H2;1H2. The molecular weight excluding hydrogens is 947 g/mol. The Morgan fingerprint density at radius 1 is 0.528 bits per heavy atom. The average Bonchev–Trinajstić information content (AvgIpc) is 4.20. The van der Waals surface area contributed by atoms with E-state index < -0.39 is 30.6 Å². The van der Waals surface area contributed by atoms with Crippen LogP contribution in [0.1, 0.15) is 53.6 Å². The normalized spacial score (nSPS) is 13.1. The largest absolute Gasteiger partial charge is 0.573 e. The average molecular weight is 979 g/mol. The zero-order chi connectivity index (χ0) is 51.5. The van der Waals surface area contributed by atoms with Gasteiger partial charge in [0.1, 0.15) is 73.7 Å². The number of hydrogen-bond acceptors (Lipinski definition) is 11. The third-order valence-corrected chi connectivity index (χ3v) is 11.2. The highest BCUT2D eigenvalue weighted by Crippen LogP contribution is 2.49. The lowest BCUT2D eigenvalue weighted by molar-refractivity contribution is -0.275. The van der Waals surface area contributed by atoms with Crippen molar-refractivity contribution in [1.29, 1.82) is 21.0 Å². The Morgan fingerprint density at radius 3 is 1.28 bits per heavy atom. The Hall–Kier alpha value is -9.40. The van der Waals surface area contributed by atoms with Crippen LogP contribution in [0.5, 0.6) is 11.5 Å². The van der Waals surface area contributed by atoms with Gasteiger partial charge in [-0.2, -0.15) is 21.0 Å². The van der Waals surface area contributed by atoms with Gasteiger partial charge in [-0.05, 0) is 99.5 Å². The molecule has 4 aromatic heterocycles. The minimum Gasteiger partial charge on any atom is -0.456 e. The number of benzene rings is 6. The first kappa shape index (κ1) is 49.0. The van der Waals surface area contributed by atoms with Gasteiger partial charge in [-0.3, -0.25) is 9.69 Å². The molecular formula is C53H32F6N6O7. The number of nitriles is 4. The Morgan fingerprint density at radius 2 is 0.903 bits per heavy atom. The van der Waals surface area contributed by atoms with Gasteiger partial charge in [0.2, 0.25) is 0 Å². The number of rotatable bonds is 4. The molecule has 19 heteroatoms. The molecule has 358 valence electrons. The molecule has 0 amide bonds. The number of furan rings is 4. The molecule has 1 aliphatic heterocycles. The van der Waals surface area contributed by atoms with E-state index in [1.54, 1.807) is 36.4 Å². The molecule has 6 aromatic carbocycles. The summed E-state index contributed by atoms with van der Waals surface area (Å²) in [4.78, 5) is 6.82. The molecule has 5 heterocycles. The van der Waals surface area contributed by atoms with Crippen molar-refractivity contribution in [2.75, 3.05) is 13.2 Å². The maximum absolute atomic E-state index is 12.9. The molecule has 72 heavy (non-hydrogen) atoms. The SMILES string of the molecule is C1CCOC1.Cc1ccc2oc3cc4c(cc3c2c1)oc1ccc(OC(F)(F)F)cc14.N#CCC#N.[C-]#[N+]C(C#N)c1c2oc3ccc(OC(F)(F)F)cc3c2c(C(C#N)[N+]#[C-])c2oc3ccc(C)cc3c12. The Kier molecular flexibility index (Phi) is 13.6. The van der Waals surface area contributed by atoms with Crippen molar-refractivity contribution in [3.8, 4) is 35.8 Å². The predicted molar refractivity (Wildman–Crippen MR) is 251 cm³/mol. The van der Waals surface area contributed by atoms with Gasteiger partial charge < -0.3 is 31.9 Å². The van der Waals surface area contributed by atoms with Crippen molar-refractivity contribution in [2.24, 2.45) is 0 Å². The van der Waals surface area contributed by atoms with Gasteiger partial charge in [-0.15, -0.1) is 26.3 Å². The highest BCUT2D eigenvalue weighted by atomic mass is 19.4. The summed E-state index contributed by atoms with van der Waals surface area (Å²) in [6, 6.07) is 26.6. The molecule has 10 aromatic rings. The van der Waals surface area contributed by atoms with E-state index in [2.05, 4.69) is 19.2 Å². The number of ether oxygens (including phenoxy) is 3. The summed E-state index contributed by atoms with van der Waals surface area (Å²) in [5.74, 6) is -0.822. The van der Waals surface area contributed by atoms with Crippen LogP contribution in [-0.4, -0.2) is 25.9 Å². The molecule has 2 unspecified atom stereocenters. The second kappa shape index (κ2) is 19.9. The first-order chi connectivity index (χ1) is 34.5. The lowest BCUT2D eigenvalue weighted by Crippen LogP contribution is -2.16. The monoisotopic (exact) mass is 978 g/mol. The number of aryl methyl sites for hydroxylation is 2. The van der Waals surface area contributed by atoms with E-state index in [1.807, 2.05) is 50.3 Å². The van der Waals surface area contributed by atoms with Crippen molar-refractivity contribution in [2.45, 2.75) is 57.9 Å². The van der Waals surface area contributed by atoms with Gasteiger partial charge in [-0.1, -0.05) is 23.3 Å². The summed E-state index contributed by atoms with van der Waals surface area (Å²) >= 11 is 0. The number of fused-ring (bicyclic) bond motifs is 12. The summed E-state index contributed by atoms with van der Waals surface area (Å²) in [5.41, 5.74) is 5.31. The molecule has 0 bridgehead atoms. The maximum atomic E-state index is 12.9. The van der Waals surface area contributed by atoms with Crippen LogP contribution in [0.2, 0.25) is 0 Å². The van der Waals surface area contributed by atoms with Gasteiger partial charge in [0.05, 0.1) is 12.1 Å². The van der Waals surface area contributed by atoms with Crippen LogP contribution in [0.4, 0.5) is 26.3 Å². The lowest BCUT2D eigenvalue weighted by Gasteiger charge is -2.09. The van der Waals surface area contributed by atoms with Crippen LogP contribution >= 0.6 is 0 Å². The first-order valence-electron chi connectivity index (χ1n) is 21.5. The van der Waals surface area contributed by atoms with Crippen LogP contribution < -0.4 is 9.47 Å². The highest BCUT2D eigenvalue weighted by Gasteiger charge is 2.37. The minimum absolute atomic E-state index is 0. The van der Waals surface area contributed by atoms with Gasteiger partial charge >= 0.3 is 24.8 Å². The van der Waals surface area contributed by atoms with E-state index in [0.29, 0.717) is 43.9 Å². The van der Waals surface area contributed by atoms with Crippen molar-refractivity contribution in [1.82, 2.24) is 0 Å². The fourth-order valence-electron chi connectivity index (χ4n) is 8.35. The molecule has 1 fully saturated rings. The molecule has 13 nitrogen and oxygen atoms in total. The maximum Gasteiger partial charge on any atom is 0.573 e. The molecule has 1 aliphatic rings. The molecule has 0 radical (unpaired) electrons. The van der Waals surface area contributed by atoms with Crippen molar-refractivity contribution in [3.63, 3.8) is 0 Å². The second-order valence-corrected chi connectivity index (χ2v) is 16.0. The third-order valence-electron chi connectivity index (χ3n) is 11.2. The van der Waals surface area contributed by atoms with Crippen LogP contribution in [0, 0.1) is 72.3 Å². The van der Waals surface area contributed by atoms with E-state index in [4.69, 9.17) is 46.1 Å². The number of hydrogen-bond donors (Lipinski definition) is 0. The summed E-state index contributed by atoms with van der Waals surface area (Å²) in [6.07, 6.45) is -7.14. The summed E-state index contributed by atoms with van der Waals surface area (Å²) in [6.45, 7) is 21.1. The first-order valence-corrected chi connectivity index (χ1v) is 21.5. The van der Waals surface area contributed by atoms with E-state index in [0.717, 1.165) is 52.8 Å². The van der Waals surface area contributed by atoms with E-state index in [9.17, 15) is 36.9 Å². The quantitative estimate of drug-likeness (QED) is 0.121. The second-order valence-electron chi connectivity index (χ2n) is 16.0. The molecule has 0 aliphatic carbocycles. The summed E-state index contributed by atoms with van der Waals surface area (Å²) < 4.78 is 113. The topological polar surface area (TPSA) is 184 Å². The van der Waals surface area contributed by atoms with Gasteiger partial charge in [-0.25, -0.2) is 13.1 Å². The fraction of sp³-hybridized carbons (Fsp3) is 0.208. The Bertz CT molecular complexity index is 3960. The zero-order valence-corrected chi connectivity index (χ0v) is 37.6. The van der Waals surface area contributed by atoms with Gasteiger partial charge in [0.25, 0.3) is 0 Å². The van der Waals surface area contributed by atoms with Crippen molar-refractivity contribution >= 4 is 87.8 Å². The Balaban J connectivity index is 0.000000167. The van der Waals surface area contributed by atoms with E-state index >= 15 is 0 Å². The highest BCUT2D eigenvalue weighted by molar-refractivity contribution is 6.21. The van der Waals surface area contributed by atoms with E-state index in [1.165, 1.54) is 37.1 Å². The fourth-order valence-corrected chi connectivity index (χ4v) is 8.35. The molecule has 11 rings (SSSR count). The number of nitrogens with zero attached hydrogens (tertiary/aromatic N) is 6. The predicted octanol–water partition coefficient (Wildman–Crippen LogP) is 15.6. The van der Waals surface area contributed by atoms with Crippen LogP contribution in [0.3, 0.4) is 0 Å². The summed E-state index contributed by atoms with van der Waals surface area (Å²) in [5, 5.41) is 39.0. The molecule has 1 saturated heterocycles. The van der Waals surface area contributed by atoms with E-state index in [-0.39, 0.29) is 50.8 Å². The van der Waals surface area contributed by atoms with Gasteiger partial charge in [0, 0.05) is 56.3 Å². The number of halogens is 6. The van der Waals surface area contributed by atoms with Crippen molar-refractivity contribution < 1.29 is 58.2 Å². The molecule has 0 N–H and O–H groups in total. The lowest BCUT2D eigenvalue weighted by atomic mass is 9.91. The molecule has 0 spiro atoms. The van der Waals surface area contributed by atoms with Crippen LogP contribution in [0.25, 0.3) is 97.4 Å². The molecule has 2 atom stereocenters. The smallest absolute Gasteiger partial charge is 0.456 e. The van der Waals surface area contributed by atoms with Crippen molar-refractivity contribution in [3.05, 3.63) is 130 Å². The Labute approximate surface area is 402 Å². The van der Waals surface area contributed by atoms with Crippen LogP contribution in [-0.2, 0) is 4.74 Å². The number of alkyl halides is 6. The molecule has 0 saturated carbocycles.